The van der Waals surface area contributed by atoms with Gasteiger partial charge in [-0.1, -0.05) is 30.0 Å². The molecule has 0 saturated heterocycles. The SMILES string of the molecule is NC(CNC(=O)c1cc([N+](=O)[O-])ccc1Sc1ccccc1)C1CC1. The Hall–Kier alpha value is -2.38. The van der Waals surface area contributed by atoms with E-state index in [0.29, 0.717) is 22.9 Å². The lowest BCUT2D eigenvalue weighted by Crippen LogP contribution is -2.38. The third kappa shape index (κ3) is 4.58. The molecule has 1 fully saturated rings. The summed E-state index contributed by atoms with van der Waals surface area (Å²) in [6.07, 6.45) is 2.20. The highest BCUT2D eigenvalue weighted by molar-refractivity contribution is 7.99. The number of benzene rings is 2. The van der Waals surface area contributed by atoms with E-state index in [2.05, 4.69) is 5.32 Å². The Labute approximate surface area is 149 Å². The minimum Gasteiger partial charge on any atom is -0.350 e. The summed E-state index contributed by atoms with van der Waals surface area (Å²) >= 11 is 1.40. The van der Waals surface area contributed by atoms with Gasteiger partial charge in [-0.25, -0.2) is 0 Å². The second kappa shape index (κ2) is 7.67. The summed E-state index contributed by atoms with van der Waals surface area (Å²) in [4.78, 5) is 24.8. The van der Waals surface area contributed by atoms with Crippen molar-refractivity contribution in [3.63, 3.8) is 0 Å². The van der Waals surface area contributed by atoms with Gasteiger partial charge in [0.1, 0.15) is 0 Å². The van der Waals surface area contributed by atoms with Crippen LogP contribution in [0, 0.1) is 16.0 Å². The highest BCUT2D eigenvalue weighted by atomic mass is 32.2. The van der Waals surface area contributed by atoms with E-state index in [-0.39, 0.29) is 17.6 Å². The lowest BCUT2D eigenvalue weighted by molar-refractivity contribution is -0.384. The van der Waals surface area contributed by atoms with E-state index in [9.17, 15) is 14.9 Å². The standard InChI is InChI=1S/C18H19N3O3S/c19-16(12-6-7-12)11-20-18(22)15-10-13(21(23)24)8-9-17(15)25-14-4-2-1-3-5-14/h1-5,8-10,12,16H,6-7,11,19H2,(H,20,22). The molecule has 0 bridgehead atoms. The summed E-state index contributed by atoms with van der Waals surface area (Å²) in [5.74, 6) is 0.141. The Morgan fingerprint density at radius 1 is 1.28 bits per heavy atom. The summed E-state index contributed by atoms with van der Waals surface area (Å²) in [5.41, 5.74) is 6.21. The largest absolute Gasteiger partial charge is 0.350 e. The molecule has 0 radical (unpaired) electrons. The molecule has 7 heteroatoms. The van der Waals surface area contributed by atoms with Gasteiger partial charge < -0.3 is 11.1 Å². The van der Waals surface area contributed by atoms with Crippen molar-refractivity contribution in [3.05, 3.63) is 64.2 Å². The molecule has 3 rings (SSSR count). The van der Waals surface area contributed by atoms with Crippen LogP contribution in [0.5, 0.6) is 0 Å². The molecule has 2 aromatic carbocycles. The van der Waals surface area contributed by atoms with Gasteiger partial charge in [0, 0.05) is 34.5 Å². The number of nitro groups is 1. The molecular formula is C18H19N3O3S. The van der Waals surface area contributed by atoms with Crippen LogP contribution in [0.15, 0.2) is 58.3 Å². The molecule has 1 amide bonds. The first-order chi connectivity index (χ1) is 12.0. The molecule has 130 valence electrons. The van der Waals surface area contributed by atoms with Gasteiger partial charge in [-0.15, -0.1) is 0 Å². The van der Waals surface area contributed by atoms with Crippen molar-refractivity contribution >= 4 is 23.4 Å². The van der Waals surface area contributed by atoms with Crippen LogP contribution >= 0.6 is 11.8 Å². The fourth-order valence-corrected chi connectivity index (χ4v) is 3.46. The lowest BCUT2D eigenvalue weighted by atomic mass is 10.1. The van der Waals surface area contributed by atoms with Gasteiger partial charge in [-0.2, -0.15) is 0 Å². The number of non-ortho nitro benzene ring substituents is 1. The third-order valence-corrected chi connectivity index (χ3v) is 5.20. The molecule has 0 spiro atoms. The van der Waals surface area contributed by atoms with E-state index in [1.807, 2.05) is 30.3 Å². The Morgan fingerprint density at radius 2 is 2.00 bits per heavy atom. The van der Waals surface area contributed by atoms with E-state index in [0.717, 1.165) is 17.7 Å². The monoisotopic (exact) mass is 357 g/mol. The summed E-state index contributed by atoms with van der Waals surface area (Å²) in [7, 11) is 0. The number of nitrogens with zero attached hydrogens (tertiary/aromatic N) is 1. The van der Waals surface area contributed by atoms with Crippen LogP contribution in [0.1, 0.15) is 23.2 Å². The van der Waals surface area contributed by atoms with Gasteiger partial charge in [0.2, 0.25) is 0 Å². The van der Waals surface area contributed by atoms with Gasteiger partial charge in [-0.05, 0) is 37.0 Å². The number of nitro benzene ring substituents is 1. The van der Waals surface area contributed by atoms with Crippen molar-refractivity contribution in [1.82, 2.24) is 5.32 Å². The summed E-state index contributed by atoms with van der Waals surface area (Å²) in [6, 6.07) is 13.9. The minimum absolute atomic E-state index is 0.0622. The third-order valence-electron chi connectivity index (χ3n) is 4.12. The van der Waals surface area contributed by atoms with Crippen LogP contribution in [0.3, 0.4) is 0 Å². The topological polar surface area (TPSA) is 98.3 Å². The number of hydrogen-bond donors (Lipinski definition) is 2. The molecule has 25 heavy (non-hydrogen) atoms. The molecule has 0 heterocycles. The van der Waals surface area contributed by atoms with Gasteiger partial charge in [-0.3, -0.25) is 14.9 Å². The first kappa shape index (κ1) is 17.4. The predicted octanol–water partition coefficient (Wildman–Crippen LogP) is 3.21. The summed E-state index contributed by atoms with van der Waals surface area (Å²) < 4.78 is 0. The Kier molecular flexibility index (Phi) is 5.35. The summed E-state index contributed by atoms with van der Waals surface area (Å²) in [6.45, 7) is 0.377. The van der Waals surface area contributed by atoms with Crippen molar-refractivity contribution < 1.29 is 9.72 Å². The Balaban J connectivity index is 1.81. The quantitative estimate of drug-likeness (QED) is 0.586. The van der Waals surface area contributed by atoms with Crippen molar-refractivity contribution in [2.24, 2.45) is 11.7 Å². The van der Waals surface area contributed by atoms with Gasteiger partial charge >= 0.3 is 0 Å². The van der Waals surface area contributed by atoms with E-state index in [1.54, 1.807) is 6.07 Å². The summed E-state index contributed by atoms with van der Waals surface area (Å²) in [5, 5.41) is 13.9. The molecule has 0 aliphatic heterocycles. The number of carbonyl (C=O) groups is 1. The fourth-order valence-electron chi connectivity index (χ4n) is 2.51. The van der Waals surface area contributed by atoms with Crippen LogP contribution in [-0.4, -0.2) is 23.4 Å². The van der Waals surface area contributed by atoms with Crippen LogP contribution in [0.4, 0.5) is 5.69 Å². The molecule has 1 saturated carbocycles. The smallest absolute Gasteiger partial charge is 0.270 e. The number of nitrogens with two attached hydrogens (primary N) is 1. The number of nitrogens with one attached hydrogen (secondary N) is 1. The molecule has 0 aromatic heterocycles. The second-order valence-electron chi connectivity index (χ2n) is 6.06. The maximum absolute atomic E-state index is 12.6. The zero-order valence-corrected chi connectivity index (χ0v) is 14.4. The first-order valence-corrected chi connectivity index (χ1v) is 8.91. The van der Waals surface area contributed by atoms with E-state index >= 15 is 0 Å². The van der Waals surface area contributed by atoms with Gasteiger partial charge in [0.05, 0.1) is 10.5 Å². The molecule has 1 unspecified atom stereocenters. The fraction of sp³-hybridized carbons (Fsp3) is 0.278. The molecule has 6 nitrogen and oxygen atoms in total. The molecule has 2 aromatic rings. The van der Waals surface area contributed by atoms with Crippen LogP contribution in [-0.2, 0) is 0 Å². The molecule has 3 N–H and O–H groups in total. The number of amides is 1. The maximum Gasteiger partial charge on any atom is 0.270 e. The molecule has 1 aliphatic carbocycles. The van der Waals surface area contributed by atoms with Crippen LogP contribution in [0.25, 0.3) is 0 Å². The Bertz CT molecular complexity index is 778. The zero-order valence-electron chi connectivity index (χ0n) is 13.6. The second-order valence-corrected chi connectivity index (χ2v) is 7.18. The molecule has 1 atom stereocenters. The average Bonchev–Trinajstić information content (AvgIpc) is 3.45. The first-order valence-electron chi connectivity index (χ1n) is 8.09. The molecular weight excluding hydrogens is 338 g/mol. The zero-order chi connectivity index (χ0) is 17.8. The molecule has 1 aliphatic rings. The average molecular weight is 357 g/mol. The van der Waals surface area contributed by atoms with E-state index < -0.39 is 4.92 Å². The van der Waals surface area contributed by atoms with Gasteiger partial charge in [0.15, 0.2) is 0 Å². The maximum atomic E-state index is 12.6. The van der Waals surface area contributed by atoms with Gasteiger partial charge in [0.25, 0.3) is 11.6 Å². The minimum atomic E-state index is -0.496. The highest BCUT2D eigenvalue weighted by Crippen LogP contribution is 2.33. The van der Waals surface area contributed by atoms with E-state index in [1.165, 1.54) is 23.9 Å². The number of rotatable bonds is 7. The number of carbonyl (C=O) groups excluding carboxylic acids is 1. The Morgan fingerprint density at radius 3 is 2.64 bits per heavy atom. The highest BCUT2D eigenvalue weighted by Gasteiger charge is 2.29. The van der Waals surface area contributed by atoms with Crippen molar-refractivity contribution in [1.29, 1.82) is 0 Å². The lowest BCUT2D eigenvalue weighted by Gasteiger charge is -2.13. The van der Waals surface area contributed by atoms with Crippen LogP contribution < -0.4 is 11.1 Å². The van der Waals surface area contributed by atoms with Crippen molar-refractivity contribution in [2.75, 3.05) is 6.54 Å². The normalized spacial score (nSPS) is 14.8. The predicted molar refractivity (Wildman–Crippen MR) is 96.7 cm³/mol. The van der Waals surface area contributed by atoms with E-state index in [4.69, 9.17) is 5.73 Å². The number of hydrogen-bond acceptors (Lipinski definition) is 5. The van der Waals surface area contributed by atoms with Crippen molar-refractivity contribution in [3.8, 4) is 0 Å². The van der Waals surface area contributed by atoms with Crippen LogP contribution in [0.2, 0.25) is 0 Å². The van der Waals surface area contributed by atoms with Crippen molar-refractivity contribution in [2.45, 2.75) is 28.7 Å².